The van der Waals surface area contributed by atoms with Crippen molar-refractivity contribution in [2.24, 2.45) is 0 Å². The Bertz CT molecular complexity index is 313. The molecule has 0 fully saturated rings. The van der Waals surface area contributed by atoms with Crippen LogP contribution in [0.25, 0.3) is 0 Å². The quantitative estimate of drug-likeness (QED) is 0.747. The van der Waals surface area contributed by atoms with Crippen LogP contribution in [0.3, 0.4) is 0 Å². The maximum atomic E-state index is 13.2. The number of ether oxygens (including phenoxy) is 2. The second kappa shape index (κ2) is 4.79. The van der Waals surface area contributed by atoms with Gasteiger partial charge in [0, 0.05) is 12.1 Å². The molecule has 0 bridgehead atoms. The van der Waals surface area contributed by atoms with E-state index in [9.17, 15) is 8.78 Å². The van der Waals surface area contributed by atoms with Gasteiger partial charge >= 0.3 is 0 Å². The third-order valence-corrected chi connectivity index (χ3v) is 1.56. The summed E-state index contributed by atoms with van der Waals surface area (Å²) < 4.78 is 36.0. The summed E-state index contributed by atoms with van der Waals surface area (Å²) in [4.78, 5) is 0. The molecule has 0 aromatic heterocycles. The van der Waals surface area contributed by atoms with Gasteiger partial charge in [0.1, 0.15) is 5.82 Å². The van der Waals surface area contributed by atoms with Crippen molar-refractivity contribution in [3.63, 3.8) is 0 Å². The standard InChI is InChI=1S/C10H12F2O2/c1-3-13-9-6-7(11)5-8(12)10(9)14-4-2/h5-6H,3-4H2,1-2H3. The molecule has 1 rings (SSSR count). The van der Waals surface area contributed by atoms with E-state index in [1.54, 1.807) is 13.8 Å². The molecule has 0 saturated carbocycles. The Balaban J connectivity index is 3.07. The zero-order valence-electron chi connectivity index (χ0n) is 8.14. The maximum absolute atomic E-state index is 13.2. The van der Waals surface area contributed by atoms with Crippen LogP contribution in [-0.2, 0) is 0 Å². The molecule has 78 valence electrons. The molecule has 0 aliphatic rings. The van der Waals surface area contributed by atoms with Crippen molar-refractivity contribution in [2.75, 3.05) is 13.2 Å². The first-order chi connectivity index (χ1) is 6.69. The minimum absolute atomic E-state index is 0.0317. The molecule has 0 heterocycles. The second-order valence-corrected chi connectivity index (χ2v) is 2.58. The number of hydrogen-bond donors (Lipinski definition) is 0. The first kappa shape index (κ1) is 10.8. The number of benzene rings is 1. The van der Waals surface area contributed by atoms with Gasteiger partial charge in [0.05, 0.1) is 13.2 Å². The van der Waals surface area contributed by atoms with Crippen molar-refractivity contribution in [1.82, 2.24) is 0 Å². The van der Waals surface area contributed by atoms with E-state index >= 15 is 0 Å². The summed E-state index contributed by atoms with van der Waals surface area (Å²) in [6.45, 7) is 4.10. The van der Waals surface area contributed by atoms with Crippen molar-refractivity contribution in [3.8, 4) is 11.5 Å². The second-order valence-electron chi connectivity index (χ2n) is 2.58. The Morgan fingerprint density at radius 3 is 2.29 bits per heavy atom. The van der Waals surface area contributed by atoms with Gasteiger partial charge in [0.15, 0.2) is 17.3 Å². The minimum atomic E-state index is -0.740. The molecule has 0 unspecified atom stereocenters. The molecule has 0 saturated heterocycles. The van der Waals surface area contributed by atoms with Crippen molar-refractivity contribution < 1.29 is 18.3 Å². The topological polar surface area (TPSA) is 18.5 Å². The Morgan fingerprint density at radius 1 is 1.07 bits per heavy atom. The van der Waals surface area contributed by atoms with Crippen LogP contribution < -0.4 is 9.47 Å². The van der Waals surface area contributed by atoms with Gasteiger partial charge in [-0.2, -0.15) is 0 Å². The predicted octanol–water partition coefficient (Wildman–Crippen LogP) is 2.76. The van der Waals surface area contributed by atoms with Crippen LogP contribution in [0.15, 0.2) is 12.1 Å². The molecule has 0 amide bonds. The third-order valence-electron chi connectivity index (χ3n) is 1.56. The normalized spacial score (nSPS) is 10.0. The highest BCUT2D eigenvalue weighted by atomic mass is 19.1. The number of rotatable bonds is 4. The van der Waals surface area contributed by atoms with E-state index in [0.717, 1.165) is 12.1 Å². The molecule has 2 nitrogen and oxygen atoms in total. The fourth-order valence-corrected chi connectivity index (χ4v) is 1.08. The lowest BCUT2D eigenvalue weighted by atomic mass is 10.3. The third kappa shape index (κ3) is 2.34. The van der Waals surface area contributed by atoms with E-state index in [-0.39, 0.29) is 11.5 Å². The first-order valence-corrected chi connectivity index (χ1v) is 4.43. The lowest BCUT2D eigenvalue weighted by molar-refractivity contribution is 0.273. The number of halogens is 2. The van der Waals surface area contributed by atoms with Gasteiger partial charge in [0.2, 0.25) is 0 Å². The molecule has 0 N–H and O–H groups in total. The Kier molecular flexibility index (Phi) is 3.68. The summed E-state index contributed by atoms with van der Waals surface area (Å²) in [7, 11) is 0. The summed E-state index contributed by atoms with van der Waals surface area (Å²) in [5.74, 6) is -1.34. The van der Waals surface area contributed by atoms with E-state index in [2.05, 4.69) is 0 Å². The smallest absolute Gasteiger partial charge is 0.197 e. The van der Waals surface area contributed by atoms with Crippen LogP contribution >= 0.6 is 0 Å². The highest BCUT2D eigenvalue weighted by molar-refractivity contribution is 5.41. The fourth-order valence-electron chi connectivity index (χ4n) is 1.08. The van der Waals surface area contributed by atoms with E-state index in [0.29, 0.717) is 13.2 Å². The van der Waals surface area contributed by atoms with Crippen molar-refractivity contribution in [3.05, 3.63) is 23.8 Å². The number of hydrogen-bond acceptors (Lipinski definition) is 2. The van der Waals surface area contributed by atoms with E-state index in [1.807, 2.05) is 0 Å². The van der Waals surface area contributed by atoms with E-state index < -0.39 is 11.6 Å². The van der Waals surface area contributed by atoms with Crippen molar-refractivity contribution >= 4 is 0 Å². The van der Waals surface area contributed by atoms with E-state index in [1.165, 1.54) is 0 Å². The average molecular weight is 202 g/mol. The zero-order valence-corrected chi connectivity index (χ0v) is 8.14. The van der Waals surface area contributed by atoms with Crippen LogP contribution in [0.1, 0.15) is 13.8 Å². The lowest BCUT2D eigenvalue weighted by Crippen LogP contribution is -2.01. The molecule has 4 heteroatoms. The zero-order chi connectivity index (χ0) is 10.6. The van der Waals surface area contributed by atoms with Gasteiger partial charge in [0.25, 0.3) is 0 Å². The summed E-state index contributed by atoms with van der Waals surface area (Å²) in [6.07, 6.45) is 0. The van der Waals surface area contributed by atoms with Gasteiger partial charge in [-0.25, -0.2) is 8.78 Å². The van der Waals surface area contributed by atoms with Crippen molar-refractivity contribution in [1.29, 1.82) is 0 Å². The van der Waals surface area contributed by atoms with Gasteiger partial charge in [-0.1, -0.05) is 0 Å². The van der Waals surface area contributed by atoms with Crippen LogP contribution in [0.5, 0.6) is 11.5 Å². The largest absolute Gasteiger partial charge is 0.490 e. The van der Waals surface area contributed by atoms with Crippen LogP contribution in [-0.4, -0.2) is 13.2 Å². The summed E-state index contributed by atoms with van der Waals surface area (Å²) in [6, 6.07) is 1.88. The summed E-state index contributed by atoms with van der Waals surface area (Å²) in [5.41, 5.74) is 0. The molecule has 0 aliphatic carbocycles. The minimum Gasteiger partial charge on any atom is -0.490 e. The van der Waals surface area contributed by atoms with Crippen LogP contribution in [0.2, 0.25) is 0 Å². The highest BCUT2D eigenvalue weighted by Crippen LogP contribution is 2.31. The maximum Gasteiger partial charge on any atom is 0.197 e. The first-order valence-electron chi connectivity index (χ1n) is 4.43. The SMILES string of the molecule is CCOc1cc(F)cc(F)c1OCC. The van der Waals surface area contributed by atoms with E-state index in [4.69, 9.17) is 9.47 Å². The Labute approximate surface area is 81.4 Å². The molecular weight excluding hydrogens is 190 g/mol. The van der Waals surface area contributed by atoms with Crippen LogP contribution in [0, 0.1) is 11.6 Å². The molecule has 0 spiro atoms. The molecular formula is C10H12F2O2. The fraction of sp³-hybridized carbons (Fsp3) is 0.400. The van der Waals surface area contributed by atoms with Crippen LogP contribution in [0.4, 0.5) is 8.78 Å². The summed E-state index contributed by atoms with van der Waals surface area (Å²) >= 11 is 0. The summed E-state index contributed by atoms with van der Waals surface area (Å²) in [5, 5.41) is 0. The molecule has 0 atom stereocenters. The Hall–Kier alpha value is -1.32. The molecule has 0 aliphatic heterocycles. The van der Waals surface area contributed by atoms with Gasteiger partial charge < -0.3 is 9.47 Å². The molecule has 14 heavy (non-hydrogen) atoms. The van der Waals surface area contributed by atoms with Crippen molar-refractivity contribution in [2.45, 2.75) is 13.8 Å². The lowest BCUT2D eigenvalue weighted by Gasteiger charge is -2.11. The highest BCUT2D eigenvalue weighted by Gasteiger charge is 2.13. The molecule has 1 aromatic carbocycles. The predicted molar refractivity (Wildman–Crippen MR) is 48.7 cm³/mol. The molecule has 0 radical (unpaired) electrons. The van der Waals surface area contributed by atoms with Gasteiger partial charge in [-0.05, 0) is 13.8 Å². The average Bonchev–Trinajstić information content (AvgIpc) is 2.11. The Morgan fingerprint density at radius 2 is 1.71 bits per heavy atom. The van der Waals surface area contributed by atoms with Gasteiger partial charge in [-0.3, -0.25) is 0 Å². The molecule has 1 aromatic rings. The monoisotopic (exact) mass is 202 g/mol. The van der Waals surface area contributed by atoms with Gasteiger partial charge in [-0.15, -0.1) is 0 Å².